The lowest BCUT2D eigenvalue weighted by molar-refractivity contribution is 0.484. The standard InChI is InChI=1S/C65H50N4O/c1-43-19-17-31-58-54-27-14-12-25-52(54)51-24-11-13-26-53(51)56-35-33-47(70-48-34-36-57-55-28-15-16-32-59(55)69(61(57)41-48)62-39-46(37-38-66-62)65(2,3)4)40-60(56)68(64(43)58)42-67-63-49(44-20-7-5-8-21-44)29-18-30-50(63)45-22-9-6-10-23-45/h5-42H,1-4H3/i5D,6D,7D,8D,9D,10D,20D,21D,22D,23D. The summed E-state index contributed by atoms with van der Waals surface area (Å²) in [5, 5.41) is 7.56. The highest BCUT2D eigenvalue weighted by Crippen LogP contribution is 2.41. The van der Waals surface area contributed by atoms with Gasteiger partial charge in [0, 0.05) is 51.0 Å². The zero-order chi connectivity index (χ0) is 56.1. The van der Waals surface area contributed by atoms with Gasteiger partial charge in [-0.1, -0.05) is 184 Å². The Bertz CT molecular complexity index is 4560. The molecule has 0 bridgehead atoms. The summed E-state index contributed by atoms with van der Waals surface area (Å²) in [6, 6.07) is 46.1. The Kier molecular flexibility index (Phi) is 8.15. The van der Waals surface area contributed by atoms with E-state index in [1.165, 1.54) is 0 Å². The minimum Gasteiger partial charge on any atom is -0.457 e. The van der Waals surface area contributed by atoms with Gasteiger partial charge < -0.3 is 4.74 Å². The van der Waals surface area contributed by atoms with Gasteiger partial charge in [-0.25, -0.2) is 9.98 Å². The van der Waals surface area contributed by atoms with E-state index in [4.69, 9.17) is 28.4 Å². The second-order valence-corrected chi connectivity index (χ2v) is 18.3. The van der Waals surface area contributed by atoms with E-state index in [9.17, 15) is 0 Å². The molecule has 0 aliphatic rings. The van der Waals surface area contributed by atoms with Gasteiger partial charge in [0.1, 0.15) is 23.7 Å². The number of fused-ring (bicyclic) bond motifs is 10. The van der Waals surface area contributed by atoms with Gasteiger partial charge >= 0.3 is 0 Å². The van der Waals surface area contributed by atoms with Crippen LogP contribution in [0.1, 0.15) is 45.6 Å². The fourth-order valence-electron chi connectivity index (χ4n) is 9.72. The molecular formula is C65H50N4O. The van der Waals surface area contributed by atoms with Gasteiger partial charge in [0.15, 0.2) is 0 Å². The van der Waals surface area contributed by atoms with E-state index in [0.29, 0.717) is 17.0 Å². The topological polar surface area (TPSA) is 44.3 Å². The van der Waals surface area contributed by atoms with Crippen molar-refractivity contribution in [1.82, 2.24) is 14.1 Å². The number of aromatic nitrogens is 3. The van der Waals surface area contributed by atoms with Crippen LogP contribution in [-0.2, 0) is 5.41 Å². The molecule has 5 nitrogen and oxygen atoms in total. The zero-order valence-electron chi connectivity index (χ0n) is 48.9. The van der Waals surface area contributed by atoms with Crippen LogP contribution in [-0.4, -0.2) is 20.5 Å². The van der Waals surface area contributed by atoms with Crippen molar-refractivity contribution >= 4 is 77.2 Å². The molecule has 336 valence electrons. The molecule has 0 radical (unpaired) electrons. The monoisotopic (exact) mass is 912 g/mol. The lowest BCUT2D eigenvalue weighted by Gasteiger charge is -2.20. The van der Waals surface area contributed by atoms with Gasteiger partial charge in [0.05, 0.1) is 41.5 Å². The summed E-state index contributed by atoms with van der Waals surface area (Å²) >= 11 is 0. The third-order valence-electron chi connectivity index (χ3n) is 13.0. The predicted molar refractivity (Wildman–Crippen MR) is 295 cm³/mol. The van der Waals surface area contributed by atoms with Crippen molar-refractivity contribution in [3.05, 3.63) is 235 Å². The van der Waals surface area contributed by atoms with Crippen molar-refractivity contribution in [2.24, 2.45) is 4.99 Å². The maximum atomic E-state index is 9.15. The number of aliphatic imine (C=N–C) groups is 1. The van der Waals surface area contributed by atoms with E-state index >= 15 is 0 Å². The Morgan fingerprint density at radius 3 is 1.66 bits per heavy atom. The predicted octanol–water partition coefficient (Wildman–Crippen LogP) is 17.7. The third-order valence-corrected chi connectivity index (χ3v) is 13.0. The van der Waals surface area contributed by atoms with Crippen LogP contribution in [0.5, 0.6) is 11.5 Å². The summed E-state index contributed by atoms with van der Waals surface area (Å²) in [6.45, 7) is 8.56. The van der Waals surface area contributed by atoms with Crippen molar-refractivity contribution < 1.29 is 18.4 Å². The summed E-state index contributed by atoms with van der Waals surface area (Å²) in [4.78, 5) is 10.2. The summed E-state index contributed by atoms with van der Waals surface area (Å²) in [6.07, 6.45) is 3.45. The van der Waals surface area contributed by atoms with Gasteiger partial charge in [-0.15, -0.1) is 0 Å². The van der Waals surface area contributed by atoms with Gasteiger partial charge in [0.25, 0.3) is 0 Å². The number of hydrogen-bond acceptors (Lipinski definition) is 3. The first kappa shape index (κ1) is 32.8. The first-order chi connectivity index (χ1) is 38.4. The average molecular weight is 913 g/mol. The number of para-hydroxylation sites is 3. The molecule has 12 rings (SSSR count). The molecule has 12 aromatic rings. The fourth-order valence-corrected chi connectivity index (χ4v) is 9.72. The molecule has 0 aliphatic heterocycles. The van der Waals surface area contributed by atoms with E-state index in [1.54, 1.807) is 24.5 Å². The highest BCUT2D eigenvalue weighted by molar-refractivity contribution is 6.20. The maximum Gasteiger partial charge on any atom is 0.137 e. The molecule has 3 aromatic heterocycles. The number of rotatable bonds is 7. The number of benzene rings is 9. The molecule has 0 saturated heterocycles. The molecule has 9 aromatic carbocycles. The Balaban J connectivity index is 1.18. The lowest BCUT2D eigenvalue weighted by Crippen LogP contribution is -2.12. The number of aryl methyl sites for hydroxylation is 1. The van der Waals surface area contributed by atoms with Crippen LogP contribution >= 0.6 is 0 Å². The van der Waals surface area contributed by atoms with Crippen molar-refractivity contribution in [1.29, 1.82) is 0 Å². The van der Waals surface area contributed by atoms with E-state index in [0.717, 1.165) is 76.6 Å². The van der Waals surface area contributed by atoms with Crippen LogP contribution in [0.15, 0.2) is 229 Å². The molecule has 0 aliphatic carbocycles. The minimum absolute atomic E-state index is 0.000500. The first-order valence-electron chi connectivity index (χ1n) is 28.1. The van der Waals surface area contributed by atoms with Crippen molar-refractivity contribution in [3.8, 4) is 39.6 Å². The maximum absolute atomic E-state index is 9.15. The lowest BCUT2D eigenvalue weighted by atomic mass is 9.88. The minimum atomic E-state index is -0.584. The molecule has 0 amide bonds. The largest absolute Gasteiger partial charge is 0.457 e. The first-order valence-corrected chi connectivity index (χ1v) is 23.1. The highest BCUT2D eigenvalue weighted by atomic mass is 16.5. The van der Waals surface area contributed by atoms with Gasteiger partial charge in [-0.2, -0.15) is 0 Å². The van der Waals surface area contributed by atoms with Gasteiger partial charge in [-0.3, -0.25) is 9.13 Å². The average Bonchev–Trinajstić information content (AvgIpc) is 3.97. The summed E-state index contributed by atoms with van der Waals surface area (Å²) < 4.78 is 99.4. The molecule has 0 N–H and O–H groups in total. The second kappa shape index (κ2) is 17.4. The summed E-state index contributed by atoms with van der Waals surface area (Å²) in [5.74, 6) is 1.84. The highest BCUT2D eigenvalue weighted by Gasteiger charge is 2.19. The molecule has 0 atom stereocenters. The normalized spacial score (nSPS) is 13.9. The summed E-state index contributed by atoms with van der Waals surface area (Å²) in [5.41, 5.74) is 4.97. The quantitative estimate of drug-likeness (QED) is 0.118. The number of hydrogen-bond donors (Lipinski definition) is 0. The third kappa shape index (κ3) is 7.53. The molecule has 0 saturated carbocycles. The smallest absolute Gasteiger partial charge is 0.137 e. The molecule has 0 unspecified atom stereocenters. The molecule has 5 heteroatoms. The Hall–Kier alpha value is -8.80. The second-order valence-electron chi connectivity index (χ2n) is 18.3. The fraction of sp³-hybridized carbons (Fsp3) is 0.0769. The molecule has 0 spiro atoms. The molecule has 3 heterocycles. The Morgan fingerprint density at radius 1 is 0.514 bits per heavy atom. The van der Waals surface area contributed by atoms with E-state index < -0.39 is 60.4 Å². The van der Waals surface area contributed by atoms with Gasteiger partial charge in [-0.05, 0) is 98.6 Å². The number of pyridine rings is 1. The molecule has 70 heavy (non-hydrogen) atoms. The number of nitrogens with zero attached hydrogens (tertiary/aromatic N) is 4. The number of ether oxygens (including phenoxy) is 1. The van der Waals surface area contributed by atoms with Crippen LogP contribution in [0, 0.1) is 6.92 Å². The van der Waals surface area contributed by atoms with E-state index in [-0.39, 0.29) is 33.4 Å². The van der Waals surface area contributed by atoms with Crippen molar-refractivity contribution in [2.75, 3.05) is 0 Å². The van der Waals surface area contributed by atoms with Crippen LogP contribution in [0.3, 0.4) is 0 Å². The van der Waals surface area contributed by atoms with Crippen molar-refractivity contribution in [3.63, 3.8) is 0 Å². The van der Waals surface area contributed by atoms with Crippen LogP contribution in [0.25, 0.3) is 93.2 Å². The van der Waals surface area contributed by atoms with E-state index in [1.807, 2.05) is 96.6 Å². The van der Waals surface area contributed by atoms with Crippen LogP contribution in [0.2, 0.25) is 0 Å². The van der Waals surface area contributed by atoms with Crippen LogP contribution in [0.4, 0.5) is 5.69 Å². The molecule has 0 fully saturated rings. The van der Waals surface area contributed by atoms with Crippen molar-refractivity contribution in [2.45, 2.75) is 33.1 Å². The van der Waals surface area contributed by atoms with E-state index in [2.05, 4.69) is 86.0 Å². The Morgan fingerprint density at radius 2 is 1.03 bits per heavy atom. The summed E-state index contributed by atoms with van der Waals surface area (Å²) in [7, 11) is 0. The SMILES string of the molecule is [2H]c1c([2H])c([2H])c(-c2cccc(-c3c([2H])c([2H])c([2H])c([2H])c3[2H])c2N=Cn2c3cc(Oc4ccc5c6ccccc6n(-c6cc(C(C)(C)C)ccn6)c5c4)ccc3c3ccccc3c3ccccc3c3cccc(C)c32)c([2H])c1[2H]. The zero-order valence-corrected chi connectivity index (χ0v) is 38.9. The Labute approximate surface area is 421 Å². The molecular weight excluding hydrogens is 853 g/mol. The van der Waals surface area contributed by atoms with Crippen LogP contribution < -0.4 is 4.74 Å². The van der Waals surface area contributed by atoms with Gasteiger partial charge in [0.2, 0.25) is 0 Å².